The first kappa shape index (κ1) is 9.58. The van der Waals surface area contributed by atoms with Crippen LogP contribution in [0.3, 0.4) is 0 Å². The first-order valence-corrected chi connectivity index (χ1v) is 4.84. The van der Waals surface area contributed by atoms with Crippen molar-refractivity contribution in [2.75, 3.05) is 5.73 Å². The molecule has 0 aliphatic rings. The van der Waals surface area contributed by atoms with Crippen molar-refractivity contribution < 1.29 is 5.11 Å². The summed E-state index contributed by atoms with van der Waals surface area (Å²) < 4.78 is 0. The van der Waals surface area contributed by atoms with Crippen LogP contribution >= 0.6 is 0 Å². The molecular weight excluding hydrogens is 190 g/mol. The van der Waals surface area contributed by atoms with Gasteiger partial charge in [0.2, 0.25) is 0 Å². The molecule has 78 valence electrons. The van der Waals surface area contributed by atoms with Crippen molar-refractivity contribution in [3.63, 3.8) is 0 Å². The van der Waals surface area contributed by atoms with Gasteiger partial charge >= 0.3 is 0 Å². The summed E-state index contributed by atoms with van der Waals surface area (Å²) in [6, 6.07) is 6.92. The summed E-state index contributed by atoms with van der Waals surface area (Å²) in [6.45, 7) is 2.04. The zero-order chi connectivity index (χ0) is 10.8. The van der Waals surface area contributed by atoms with Gasteiger partial charge in [0.25, 0.3) is 0 Å². The minimum absolute atomic E-state index is 0.250. The van der Waals surface area contributed by atoms with Crippen molar-refractivity contribution in [2.24, 2.45) is 0 Å². The van der Waals surface area contributed by atoms with E-state index in [0.717, 1.165) is 23.4 Å². The molecule has 0 atom stereocenters. The van der Waals surface area contributed by atoms with Crippen LogP contribution in [-0.4, -0.2) is 15.1 Å². The lowest BCUT2D eigenvalue weighted by Crippen LogP contribution is -1.86. The monoisotopic (exact) mass is 203 g/mol. The number of nitrogens with two attached hydrogens (primary N) is 1. The van der Waals surface area contributed by atoms with Gasteiger partial charge in [-0.05, 0) is 30.7 Å². The Morgan fingerprint density at radius 2 is 2.00 bits per heavy atom. The third kappa shape index (κ3) is 1.79. The van der Waals surface area contributed by atoms with E-state index in [2.05, 4.69) is 9.97 Å². The van der Waals surface area contributed by atoms with Gasteiger partial charge < -0.3 is 15.8 Å². The van der Waals surface area contributed by atoms with Crippen LogP contribution in [0.1, 0.15) is 12.6 Å². The maximum absolute atomic E-state index is 9.18. The molecule has 15 heavy (non-hydrogen) atoms. The van der Waals surface area contributed by atoms with Crippen LogP contribution < -0.4 is 5.73 Å². The maximum Gasteiger partial charge on any atom is 0.198 e. The van der Waals surface area contributed by atoms with Crippen molar-refractivity contribution in [3.8, 4) is 17.0 Å². The Hall–Kier alpha value is -1.97. The highest BCUT2D eigenvalue weighted by molar-refractivity contribution is 5.64. The lowest BCUT2D eigenvalue weighted by atomic mass is 10.1. The first-order chi connectivity index (χ1) is 7.20. The maximum atomic E-state index is 9.18. The van der Waals surface area contributed by atoms with Crippen LogP contribution in [0.15, 0.2) is 24.3 Å². The Morgan fingerprint density at radius 1 is 1.33 bits per heavy atom. The van der Waals surface area contributed by atoms with E-state index < -0.39 is 0 Å². The predicted octanol–water partition coefficient (Wildman–Crippen LogP) is 1.93. The number of hydrogen-bond donors (Lipinski definition) is 3. The number of nitrogens with zero attached hydrogens (tertiary/aromatic N) is 1. The van der Waals surface area contributed by atoms with Gasteiger partial charge in [0.05, 0.1) is 5.69 Å². The molecule has 2 aromatic rings. The van der Waals surface area contributed by atoms with Crippen LogP contribution in [-0.2, 0) is 6.42 Å². The Balaban J connectivity index is 2.48. The number of aromatic nitrogens is 2. The number of phenols is 1. The lowest BCUT2D eigenvalue weighted by molar-refractivity contribution is 0.475. The van der Waals surface area contributed by atoms with Gasteiger partial charge in [0.1, 0.15) is 5.75 Å². The molecule has 0 saturated heterocycles. The number of hydrogen-bond acceptors (Lipinski definition) is 3. The molecule has 0 bridgehead atoms. The van der Waals surface area contributed by atoms with Crippen LogP contribution in [0.4, 0.5) is 5.95 Å². The van der Waals surface area contributed by atoms with Gasteiger partial charge in [-0.3, -0.25) is 0 Å². The Morgan fingerprint density at radius 3 is 2.60 bits per heavy atom. The number of rotatable bonds is 2. The topological polar surface area (TPSA) is 74.9 Å². The van der Waals surface area contributed by atoms with Gasteiger partial charge in [0, 0.05) is 11.3 Å². The zero-order valence-corrected chi connectivity index (χ0v) is 8.49. The highest BCUT2D eigenvalue weighted by Crippen LogP contribution is 2.24. The van der Waals surface area contributed by atoms with Gasteiger partial charge in [-0.2, -0.15) is 0 Å². The second kappa shape index (κ2) is 3.65. The van der Waals surface area contributed by atoms with Gasteiger partial charge in [-0.15, -0.1) is 0 Å². The number of aryl methyl sites for hydroxylation is 1. The quantitative estimate of drug-likeness (QED) is 0.698. The molecule has 4 nitrogen and oxygen atoms in total. The Labute approximate surface area is 87.8 Å². The molecule has 0 fully saturated rings. The third-order valence-electron chi connectivity index (χ3n) is 2.29. The van der Waals surface area contributed by atoms with Crippen molar-refractivity contribution in [2.45, 2.75) is 13.3 Å². The molecule has 1 heterocycles. The van der Waals surface area contributed by atoms with Crippen LogP contribution in [0, 0.1) is 0 Å². The number of anilines is 1. The highest BCUT2D eigenvalue weighted by atomic mass is 16.3. The number of benzene rings is 1. The molecule has 1 aromatic heterocycles. The molecular formula is C11H13N3O. The average Bonchev–Trinajstić information content (AvgIpc) is 2.61. The van der Waals surface area contributed by atoms with Crippen molar-refractivity contribution in [1.29, 1.82) is 0 Å². The average molecular weight is 203 g/mol. The standard InChI is InChI=1S/C11H13N3O/c1-2-9-10(14-11(12)13-9)7-3-5-8(15)6-4-7/h3-6,15H,2H2,1H3,(H3,12,13,14). The van der Waals surface area contributed by atoms with Crippen molar-refractivity contribution in [1.82, 2.24) is 9.97 Å². The number of nitrogen functional groups attached to an aromatic ring is 1. The number of imidazole rings is 1. The number of nitrogens with one attached hydrogen (secondary N) is 1. The van der Waals surface area contributed by atoms with E-state index in [-0.39, 0.29) is 5.75 Å². The smallest absolute Gasteiger partial charge is 0.198 e. The zero-order valence-electron chi connectivity index (χ0n) is 8.49. The van der Waals surface area contributed by atoms with Crippen molar-refractivity contribution >= 4 is 5.95 Å². The SMILES string of the molecule is CCc1[nH]c(N)nc1-c1ccc(O)cc1. The summed E-state index contributed by atoms with van der Waals surface area (Å²) in [4.78, 5) is 7.23. The summed E-state index contributed by atoms with van der Waals surface area (Å²) >= 11 is 0. The Bertz CT molecular complexity index is 459. The number of phenolic OH excluding ortho intramolecular Hbond substituents is 1. The minimum Gasteiger partial charge on any atom is -0.508 e. The largest absolute Gasteiger partial charge is 0.508 e. The van der Waals surface area contributed by atoms with E-state index in [1.54, 1.807) is 12.1 Å². The lowest BCUT2D eigenvalue weighted by Gasteiger charge is -1.99. The van der Waals surface area contributed by atoms with E-state index >= 15 is 0 Å². The molecule has 2 rings (SSSR count). The van der Waals surface area contributed by atoms with Gasteiger partial charge in [-0.1, -0.05) is 6.92 Å². The summed E-state index contributed by atoms with van der Waals surface area (Å²) in [5.74, 6) is 0.676. The van der Waals surface area contributed by atoms with Crippen LogP contribution in [0.5, 0.6) is 5.75 Å². The van der Waals surface area contributed by atoms with E-state index in [4.69, 9.17) is 5.73 Å². The Kier molecular flexibility index (Phi) is 2.33. The molecule has 0 radical (unpaired) electrons. The van der Waals surface area contributed by atoms with E-state index in [1.807, 2.05) is 19.1 Å². The molecule has 0 spiro atoms. The first-order valence-electron chi connectivity index (χ1n) is 4.84. The van der Waals surface area contributed by atoms with Crippen molar-refractivity contribution in [3.05, 3.63) is 30.0 Å². The second-order valence-corrected chi connectivity index (χ2v) is 3.35. The second-order valence-electron chi connectivity index (χ2n) is 3.35. The summed E-state index contributed by atoms with van der Waals surface area (Å²) in [5, 5.41) is 9.18. The molecule has 0 aliphatic carbocycles. The predicted molar refractivity (Wildman–Crippen MR) is 59.5 cm³/mol. The summed E-state index contributed by atoms with van der Waals surface area (Å²) in [6.07, 6.45) is 0.848. The third-order valence-corrected chi connectivity index (χ3v) is 2.29. The normalized spacial score (nSPS) is 10.5. The van der Waals surface area contributed by atoms with Gasteiger partial charge in [-0.25, -0.2) is 4.98 Å². The molecule has 4 heteroatoms. The molecule has 0 saturated carbocycles. The molecule has 1 aromatic carbocycles. The fourth-order valence-electron chi connectivity index (χ4n) is 1.54. The highest BCUT2D eigenvalue weighted by Gasteiger charge is 2.08. The summed E-state index contributed by atoms with van der Waals surface area (Å²) in [5.41, 5.74) is 8.43. The minimum atomic E-state index is 0.250. The number of aromatic hydroxyl groups is 1. The summed E-state index contributed by atoms with van der Waals surface area (Å²) in [7, 11) is 0. The molecule has 4 N–H and O–H groups in total. The van der Waals surface area contributed by atoms with Gasteiger partial charge in [0.15, 0.2) is 5.95 Å². The number of H-pyrrole nitrogens is 1. The van der Waals surface area contributed by atoms with Crippen LogP contribution in [0.2, 0.25) is 0 Å². The molecule has 0 aliphatic heterocycles. The molecule has 0 amide bonds. The van der Waals surface area contributed by atoms with E-state index in [9.17, 15) is 5.11 Å². The van der Waals surface area contributed by atoms with E-state index in [0.29, 0.717) is 5.95 Å². The molecule has 0 unspecified atom stereocenters. The fourth-order valence-corrected chi connectivity index (χ4v) is 1.54. The van der Waals surface area contributed by atoms with E-state index in [1.165, 1.54) is 0 Å². The van der Waals surface area contributed by atoms with Crippen LogP contribution in [0.25, 0.3) is 11.3 Å². The number of aromatic amines is 1. The fraction of sp³-hybridized carbons (Fsp3) is 0.182.